The number of nitrogens with two attached hydrogens (primary N) is 1. The lowest BCUT2D eigenvalue weighted by Gasteiger charge is -2.35. The van der Waals surface area contributed by atoms with Crippen LogP contribution in [0.25, 0.3) is 10.4 Å². The van der Waals surface area contributed by atoms with Crippen LogP contribution in [0, 0.1) is 12.3 Å². The molecule has 2 heterocycles. The number of aryl methyl sites for hydroxylation is 1. The van der Waals surface area contributed by atoms with Gasteiger partial charge in [0.15, 0.2) is 0 Å². The quantitative estimate of drug-likeness (QED) is 0.247. The number of thiazole rings is 1. The molecule has 1 aliphatic heterocycles. The van der Waals surface area contributed by atoms with E-state index in [2.05, 4.69) is 15.6 Å². The van der Waals surface area contributed by atoms with E-state index in [1.165, 1.54) is 4.90 Å². The van der Waals surface area contributed by atoms with Crippen molar-refractivity contribution in [1.29, 1.82) is 0 Å². The van der Waals surface area contributed by atoms with Crippen LogP contribution < -0.4 is 16.4 Å². The highest BCUT2D eigenvalue weighted by Crippen LogP contribution is 2.29. The first kappa shape index (κ1) is 35.6. The van der Waals surface area contributed by atoms with Gasteiger partial charge in [-0.3, -0.25) is 14.4 Å². The third-order valence-corrected chi connectivity index (χ3v) is 7.91. The van der Waals surface area contributed by atoms with Crippen molar-refractivity contribution in [2.45, 2.75) is 65.3 Å². The SMILES string of the molecule is Cc1ncsc1-c1ccc(C(C)NC(=O)[C@@H]2C[C@@H](O)CN2C(=O)C(NC(=O)COCCOCCN)C(C)(C)C)cc1.Cl. The molecule has 0 spiro atoms. The molecule has 0 saturated carbocycles. The number of β-amino-alcohol motifs (C(OH)–C–C–N with tert-alkyl or cyclic N) is 1. The molecule has 5 N–H and O–H groups in total. The van der Waals surface area contributed by atoms with E-state index >= 15 is 0 Å². The van der Waals surface area contributed by atoms with Crippen molar-refractivity contribution in [2.75, 3.05) is 39.5 Å². The maximum atomic E-state index is 13.7. The zero-order valence-electron chi connectivity index (χ0n) is 24.9. The molecule has 1 fully saturated rings. The summed E-state index contributed by atoms with van der Waals surface area (Å²) in [6.45, 7) is 10.4. The molecule has 42 heavy (non-hydrogen) atoms. The van der Waals surface area contributed by atoms with Gasteiger partial charge < -0.3 is 35.8 Å². The number of benzene rings is 1. The van der Waals surface area contributed by atoms with E-state index in [1.807, 2.05) is 64.4 Å². The van der Waals surface area contributed by atoms with Crippen molar-refractivity contribution in [2.24, 2.45) is 11.1 Å². The average molecular weight is 626 g/mol. The number of aliphatic hydroxyl groups is 1. The number of halogens is 1. The lowest BCUT2D eigenvalue weighted by atomic mass is 9.85. The fourth-order valence-corrected chi connectivity index (χ4v) is 5.50. The number of rotatable bonds is 13. The number of carbonyl (C=O) groups excluding carboxylic acids is 3. The number of likely N-dealkylation sites (tertiary alicyclic amines) is 1. The monoisotopic (exact) mass is 625 g/mol. The van der Waals surface area contributed by atoms with Gasteiger partial charge in [0.2, 0.25) is 17.7 Å². The van der Waals surface area contributed by atoms with Crippen LogP contribution in [0.1, 0.15) is 51.4 Å². The van der Waals surface area contributed by atoms with Gasteiger partial charge in [-0.05, 0) is 30.4 Å². The molecule has 0 bridgehead atoms. The molecule has 2 unspecified atom stereocenters. The summed E-state index contributed by atoms with van der Waals surface area (Å²) in [7, 11) is 0. The van der Waals surface area contributed by atoms with Gasteiger partial charge in [-0.1, -0.05) is 45.0 Å². The van der Waals surface area contributed by atoms with Crippen molar-refractivity contribution < 1.29 is 29.0 Å². The first-order valence-electron chi connectivity index (χ1n) is 13.9. The molecule has 0 aliphatic carbocycles. The third-order valence-electron chi connectivity index (χ3n) is 6.93. The topological polar surface area (TPSA) is 156 Å². The Balaban J connectivity index is 0.00000616. The van der Waals surface area contributed by atoms with E-state index in [1.54, 1.807) is 11.3 Å². The van der Waals surface area contributed by atoms with E-state index in [4.69, 9.17) is 15.2 Å². The van der Waals surface area contributed by atoms with Crippen LogP contribution in [-0.4, -0.2) is 90.4 Å². The molecular weight excluding hydrogens is 582 g/mol. The van der Waals surface area contributed by atoms with E-state index in [0.717, 1.165) is 21.7 Å². The predicted octanol–water partition coefficient (Wildman–Crippen LogP) is 2.20. The molecule has 3 amide bonds. The zero-order chi connectivity index (χ0) is 30.2. The Hall–Kier alpha value is -2.61. The van der Waals surface area contributed by atoms with E-state index in [0.29, 0.717) is 19.8 Å². The van der Waals surface area contributed by atoms with Crippen molar-refractivity contribution >= 4 is 41.5 Å². The van der Waals surface area contributed by atoms with Gasteiger partial charge in [-0.15, -0.1) is 23.7 Å². The Bertz CT molecular complexity index is 1170. The third kappa shape index (κ3) is 9.72. The van der Waals surface area contributed by atoms with Crippen LogP contribution in [-0.2, 0) is 23.9 Å². The number of hydrogen-bond donors (Lipinski definition) is 4. The van der Waals surface area contributed by atoms with Gasteiger partial charge in [0.05, 0.1) is 48.0 Å². The predicted molar refractivity (Wildman–Crippen MR) is 164 cm³/mol. The fourth-order valence-electron chi connectivity index (χ4n) is 4.69. The first-order chi connectivity index (χ1) is 19.4. The summed E-state index contributed by atoms with van der Waals surface area (Å²) in [6, 6.07) is 5.82. The molecule has 1 aromatic carbocycles. The number of ether oxygens (including phenoxy) is 2. The molecule has 234 valence electrons. The Morgan fingerprint density at radius 2 is 1.81 bits per heavy atom. The lowest BCUT2D eigenvalue weighted by molar-refractivity contribution is -0.144. The molecule has 3 rings (SSSR count). The average Bonchev–Trinajstić information content (AvgIpc) is 3.53. The standard InChI is InChI=1S/C29H43N5O6S.ClH/c1-18(20-6-8-21(9-7-20)25-19(2)31-17-41-25)32-27(37)23-14-22(35)15-34(23)28(38)26(29(3,4)5)33-24(36)16-40-13-12-39-11-10-30;/h6-9,17-18,22-23,26,35H,10-16,30H2,1-5H3,(H,32,37)(H,33,36);1H/t18?,22-,23+,26?;/m1./s1. The van der Waals surface area contributed by atoms with Crippen LogP contribution >= 0.6 is 23.7 Å². The fraction of sp³-hybridized carbons (Fsp3) is 0.586. The smallest absolute Gasteiger partial charge is 0.246 e. The molecule has 1 aliphatic rings. The lowest BCUT2D eigenvalue weighted by Crippen LogP contribution is -2.58. The summed E-state index contributed by atoms with van der Waals surface area (Å²) < 4.78 is 10.6. The molecular formula is C29H44ClN5O6S. The van der Waals surface area contributed by atoms with Crippen molar-refractivity contribution in [3.63, 3.8) is 0 Å². The Morgan fingerprint density at radius 1 is 1.14 bits per heavy atom. The minimum absolute atomic E-state index is 0. The zero-order valence-corrected chi connectivity index (χ0v) is 26.6. The van der Waals surface area contributed by atoms with Crippen LogP contribution in [0.4, 0.5) is 0 Å². The van der Waals surface area contributed by atoms with Gasteiger partial charge in [-0.25, -0.2) is 4.98 Å². The molecule has 1 saturated heterocycles. The minimum Gasteiger partial charge on any atom is -0.391 e. The summed E-state index contributed by atoms with van der Waals surface area (Å²) in [4.78, 5) is 46.5. The second kappa shape index (κ2) is 16.3. The number of aliphatic hydroxyl groups excluding tert-OH is 1. The van der Waals surface area contributed by atoms with Gasteiger partial charge in [0, 0.05) is 19.5 Å². The van der Waals surface area contributed by atoms with Crippen molar-refractivity contribution in [3.05, 3.63) is 41.0 Å². The van der Waals surface area contributed by atoms with E-state index in [-0.39, 0.29) is 50.5 Å². The largest absolute Gasteiger partial charge is 0.391 e. The molecule has 1 aromatic heterocycles. The van der Waals surface area contributed by atoms with Gasteiger partial charge in [0.25, 0.3) is 0 Å². The van der Waals surface area contributed by atoms with E-state index < -0.39 is 35.4 Å². The highest BCUT2D eigenvalue weighted by molar-refractivity contribution is 7.13. The second-order valence-electron chi connectivity index (χ2n) is 11.3. The number of aromatic nitrogens is 1. The highest BCUT2D eigenvalue weighted by Gasteiger charge is 2.44. The normalized spacial score (nSPS) is 18.2. The Morgan fingerprint density at radius 3 is 2.40 bits per heavy atom. The maximum absolute atomic E-state index is 13.7. The number of carbonyl (C=O) groups is 3. The number of nitrogens with zero attached hydrogens (tertiary/aromatic N) is 2. The summed E-state index contributed by atoms with van der Waals surface area (Å²) in [5.74, 6) is -1.24. The maximum Gasteiger partial charge on any atom is 0.246 e. The van der Waals surface area contributed by atoms with Crippen molar-refractivity contribution in [3.8, 4) is 10.4 Å². The van der Waals surface area contributed by atoms with Gasteiger partial charge in [-0.2, -0.15) is 0 Å². The summed E-state index contributed by atoms with van der Waals surface area (Å²) in [6.07, 6.45) is -0.731. The number of amides is 3. The summed E-state index contributed by atoms with van der Waals surface area (Å²) >= 11 is 1.58. The summed E-state index contributed by atoms with van der Waals surface area (Å²) in [5.41, 5.74) is 9.47. The van der Waals surface area contributed by atoms with Gasteiger partial charge in [0.1, 0.15) is 18.7 Å². The van der Waals surface area contributed by atoms with Gasteiger partial charge >= 0.3 is 0 Å². The Labute approximate surface area is 257 Å². The second-order valence-corrected chi connectivity index (χ2v) is 12.2. The molecule has 0 radical (unpaired) electrons. The van der Waals surface area contributed by atoms with Crippen LogP contribution in [0.5, 0.6) is 0 Å². The molecule has 2 aromatic rings. The minimum atomic E-state index is -0.923. The first-order valence-corrected chi connectivity index (χ1v) is 14.7. The Kier molecular flexibility index (Phi) is 13.8. The van der Waals surface area contributed by atoms with Crippen molar-refractivity contribution in [1.82, 2.24) is 20.5 Å². The number of nitrogens with one attached hydrogen (secondary N) is 2. The molecule has 13 heteroatoms. The molecule has 11 nitrogen and oxygen atoms in total. The highest BCUT2D eigenvalue weighted by atomic mass is 35.5. The molecule has 4 atom stereocenters. The van der Waals surface area contributed by atoms with Crippen LogP contribution in [0.15, 0.2) is 29.8 Å². The van der Waals surface area contributed by atoms with Crippen LogP contribution in [0.3, 0.4) is 0 Å². The number of hydrogen-bond acceptors (Lipinski definition) is 9. The summed E-state index contributed by atoms with van der Waals surface area (Å²) in [5, 5.41) is 16.2. The van der Waals surface area contributed by atoms with Crippen LogP contribution in [0.2, 0.25) is 0 Å². The van der Waals surface area contributed by atoms with E-state index in [9.17, 15) is 19.5 Å².